The summed E-state index contributed by atoms with van der Waals surface area (Å²) in [5.41, 5.74) is 3.70. The fraction of sp³-hybridized carbons (Fsp3) is 0.118. The molecule has 4 heteroatoms. The van der Waals surface area contributed by atoms with Crippen molar-refractivity contribution in [1.82, 2.24) is 4.68 Å². The maximum atomic E-state index is 3.48. The highest BCUT2D eigenvalue weighted by Crippen LogP contribution is 2.14. The Morgan fingerprint density at radius 3 is 2.29 bits per heavy atom. The fourth-order valence-electron chi connectivity index (χ4n) is 2.36. The lowest BCUT2D eigenvalue weighted by Crippen LogP contribution is -3.00. The first kappa shape index (κ1) is 16.0. The topological polar surface area (TPSA) is 8.81 Å². The van der Waals surface area contributed by atoms with E-state index < -0.39 is 0 Å². The van der Waals surface area contributed by atoms with Gasteiger partial charge in [-0.05, 0) is 31.2 Å². The van der Waals surface area contributed by atoms with Gasteiger partial charge in [0.25, 0.3) is 0 Å². The molecule has 0 amide bonds. The Morgan fingerprint density at radius 2 is 1.62 bits per heavy atom. The number of benzene rings is 2. The van der Waals surface area contributed by atoms with Crippen molar-refractivity contribution in [3.8, 4) is 5.69 Å². The van der Waals surface area contributed by atoms with E-state index in [9.17, 15) is 0 Å². The molecule has 1 heterocycles. The van der Waals surface area contributed by atoms with Crippen LogP contribution in [0.5, 0.6) is 0 Å². The summed E-state index contributed by atoms with van der Waals surface area (Å²) in [7, 11) is 0. The zero-order valence-corrected chi connectivity index (χ0v) is 14.9. The molecule has 108 valence electrons. The Balaban J connectivity index is 0.00000161. The predicted molar refractivity (Wildman–Crippen MR) is 83.9 cm³/mol. The molecule has 3 aromatic rings. The van der Waals surface area contributed by atoms with E-state index >= 15 is 0 Å². The van der Waals surface area contributed by atoms with Crippen molar-refractivity contribution in [2.45, 2.75) is 13.5 Å². The van der Waals surface area contributed by atoms with Gasteiger partial charge in [-0.3, -0.25) is 0 Å². The maximum Gasteiger partial charge on any atom is 0.197 e. The number of halogens is 2. The Hall–Kier alpha value is -1.39. The molecule has 2 aromatic carbocycles. The second kappa shape index (κ2) is 7.05. The van der Waals surface area contributed by atoms with E-state index in [2.05, 4.69) is 93.0 Å². The SMILES string of the molecule is Cc1cc[n+](Cc2ccccc2)n1-c1ccc(Br)cc1.[Br-]. The number of hydrogen-bond donors (Lipinski definition) is 0. The summed E-state index contributed by atoms with van der Waals surface area (Å²) in [4.78, 5) is 0. The van der Waals surface area contributed by atoms with Crippen LogP contribution in [0.1, 0.15) is 11.3 Å². The molecule has 2 nitrogen and oxygen atoms in total. The van der Waals surface area contributed by atoms with Crippen LogP contribution in [0.25, 0.3) is 5.69 Å². The fourth-order valence-corrected chi connectivity index (χ4v) is 2.63. The largest absolute Gasteiger partial charge is 1.00 e. The highest BCUT2D eigenvalue weighted by atomic mass is 79.9. The molecule has 1 aromatic heterocycles. The minimum Gasteiger partial charge on any atom is -1.00 e. The van der Waals surface area contributed by atoms with Gasteiger partial charge in [0.05, 0.1) is 5.69 Å². The van der Waals surface area contributed by atoms with Crippen LogP contribution in [0, 0.1) is 6.92 Å². The molecule has 0 aliphatic rings. The summed E-state index contributed by atoms with van der Waals surface area (Å²) >= 11 is 3.48. The average molecular weight is 408 g/mol. The molecule has 0 saturated carbocycles. The zero-order chi connectivity index (χ0) is 13.9. The van der Waals surface area contributed by atoms with Crippen molar-refractivity contribution in [3.63, 3.8) is 0 Å². The molecule has 0 atom stereocenters. The van der Waals surface area contributed by atoms with Crippen LogP contribution in [0.3, 0.4) is 0 Å². The lowest BCUT2D eigenvalue weighted by Gasteiger charge is -2.05. The summed E-state index contributed by atoms with van der Waals surface area (Å²) in [6, 6.07) is 21.0. The molecule has 0 bridgehead atoms. The highest BCUT2D eigenvalue weighted by Gasteiger charge is 2.14. The van der Waals surface area contributed by atoms with Gasteiger partial charge in [0, 0.05) is 16.1 Å². The van der Waals surface area contributed by atoms with E-state index in [-0.39, 0.29) is 17.0 Å². The predicted octanol–water partition coefficient (Wildman–Crippen LogP) is 0.888. The van der Waals surface area contributed by atoms with Crippen molar-refractivity contribution in [2.24, 2.45) is 0 Å². The van der Waals surface area contributed by atoms with Crippen LogP contribution in [0.15, 0.2) is 71.3 Å². The molecule has 0 spiro atoms. The van der Waals surface area contributed by atoms with E-state index in [0.717, 1.165) is 11.0 Å². The number of aryl methyl sites for hydroxylation is 1. The van der Waals surface area contributed by atoms with Crippen molar-refractivity contribution >= 4 is 15.9 Å². The summed E-state index contributed by atoms with van der Waals surface area (Å²) in [6.07, 6.45) is 2.13. The standard InChI is InChI=1S/C17H16BrN2.BrH/c1-14-11-12-19(13-15-5-3-2-4-6-15)20(14)17-9-7-16(18)8-10-17;/h2-12H,13H2,1H3;1H/q+1;/p-1. The molecule has 0 fully saturated rings. The number of nitrogens with zero attached hydrogens (tertiary/aromatic N) is 2. The lowest BCUT2D eigenvalue weighted by atomic mass is 10.2. The van der Waals surface area contributed by atoms with Gasteiger partial charge in [0.1, 0.15) is 5.69 Å². The van der Waals surface area contributed by atoms with Crippen LogP contribution >= 0.6 is 15.9 Å². The molecule has 0 radical (unpaired) electrons. The van der Waals surface area contributed by atoms with E-state index in [0.29, 0.717) is 0 Å². The Labute approximate surface area is 143 Å². The normalized spacial score (nSPS) is 10.2. The molecule has 21 heavy (non-hydrogen) atoms. The zero-order valence-electron chi connectivity index (χ0n) is 11.7. The first-order chi connectivity index (χ1) is 9.74. The average Bonchev–Trinajstić information content (AvgIpc) is 2.82. The smallest absolute Gasteiger partial charge is 0.197 e. The molecule has 0 aliphatic heterocycles. The maximum absolute atomic E-state index is 3.48. The van der Waals surface area contributed by atoms with Crippen LogP contribution in [-0.4, -0.2) is 4.68 Å². The number of hydrogen-bond acceptors (Lipinski definition) is 0. The van der Waals surface area contributed by atoms with Gasteiger partial charge in [-0.2, -0.15) is 0 Å². The second-order valence-corrected chi connectivity index (χ2v) is 5.74. The van der Waals surface area contributed by atoms with Gasteiger partial charge >= 0.3 is 0 Å². The highest BCUT2D eigenvalue weighted by molar-refractivity contribution is 9.10. The van der Waals surface area contributed by atoms with Crippen LogP contribution < -0.4 is 21.7 Å². The van der Waals surface area contributed by atoms with Crippen molar-refractivity contribution in [1.29, 1.82) is 0 Å². The Kier molecular flexibility index (Phi) is 5.37. The van der Waals surface area contributed by atoms with Gasteiger partial charge in [-0.1, -0.05) is 46.3 Å². The van der Waals surface area contributed by atoms with Gasteiger partial charge < -0.3 is 17.0 Å². The van der Waals surface area contributed by atoms with Crippen molar-refractivity contribution in [3.05, 3.63) is 82.6 Å². The van der Waals surface area contributed by atoms with Crippen molar-refractivity contribution < 1.29 is 21.7 Å². The molecule has 0 saturated heterocycles. The van der Waals surface area contributed by atoms with Gasteiger partial charge in [-0.15, -0.1) is 9.36 Å². The van der Waals surface area contributed by atoms with Crippen molar-refractivity contribution in [2.75, 3.05) is 0 Å². The quantitative estimate of drug-likeness (QED) is 0.570. The number of rotatable bonds is 3. The monoisotopic (exact) mass is 406 g/mol. The lowest BCUT2D eigenvalue weighted by molar-refractivity contribution is -0.759. The third-order valence-electron chi connectivity index (χ3n) is 3.34. The Bertz CT molecular complexity index is 703. The van der Waals surface area contributed by atoms with Crippen LogP contribution in [0.2, 0.25) is 0 Å². The summed E-state index contributed by atoms with van der Waals surface area (Å²) in [5.74, 6) is 0. The third kappa shape index (κ3) is 3.63. The molecule has 3 rings (SSSR count). The van der Waals surface area contributed by atoms with E-state index in [1.54, 1.807) is 0 Å². The summed E-state index contributed by atoms with van der Waals surface area (Å²) in [6.45, 7) is 2.99. The molecule has 0 unspecified atom stereocenters. The first-order valence-electron chi connectivity index (χ1n) is 6.62. The molecule has 0 aliphatic carbocycles. The Morgan fingerprint density at radius 1 is 0.952 bits per heavy atom. The summed E-state index contributed by atoms with van der Waals surface area (Å²) in [5, 5.41) is 0. The minimum atomic E-state index is 0. The van der Waals surface area contributed by atoms with E-state index in [4.69, 9.17) is 0 Å². The first-order valence-corrected chi connectivity index (χ1v) is 7.41. The summed E-state index contributed by atoms with van der Waals surface area (Å²) < 4.78 is 5.56. The third-order valence-corrected chi connectivity index (χ3v) is 3.87. The minimum absolute atomic E-state index is 0. The molecular formula is C17H16Br2N2. The van der Waals surface area contributed by atoms with Crippen LogP contribution in [0.4, 0.5) is 0 Å². The van der Waals surface area contributed by atoms with Gasteiger partial charge in [0.15, 0.2) is 12.7 Å². The molecular weight excluding hydrogens is 392 g/mol. The van der Waals surface area contributed by atoms with E-state index in [1.807, 2.05) is 6.07 Å². The van der Waals surface area contributed by atoms with Crippen LogP contribution in [-0.2, 0) is 6.54 Å². The van der Waals surface area contributed by atoms with E-state index in [1.165, 1.54) is 16.9 Å². The molecule has 0 N–H and O–H groups in total. The van der Waals surface area contributed by atoms with Gasteiger partial charge in [-0.25, -0.2) is 0 Å². The van der Waals surface area contributed by atoms with Gasteiger partial charge in [0.2, 0.25) is 0 Å². The second-order valence-electron chi connectivity index (χ2n) is 4.83. The number of aromatic nitrogens is 2.